The third kappa shape index (κ3) is 4.79. The first-order valence-corrected chi connectivity index (χ1v) is 13.6. The summed E-state index contributed by atoms with van der Waals surface area (Å²) in [5, 5.41) is 3.91. The van der Waals surface area contributed by atoms with Crippen LogP contribution in [0.25, 0.3) is 5.69 Å². The van der Waals surface area contributed by atoms with Crippen LogP contribution in [0, 0.1) is 5.82 Å². The van der Waals surface area contributed by atoms with Gasteiger partial charge in [0, 0.05) is 35.1 Å². The van der Waals surface area contributed by atoms with Gasteiger partial charge in [0.15, 0.2) is 5.11 Å². The second-order valence-electron chi connectivity index (χ2n) is 8.32. The van der Waals surface area contributed by atoms with Crippen molar-refractivity contribution in [3.05, 3.63) is 107 Å². The van der Waals surface area contributed by atoms with E-state index in [0.29, 0.717) is 16.5 Å². The first kappa shape index (κ1) is 24.2. The molecule has 1 fully saturated rings. The van der Waals surface area contributed by atoms with Gasteiger partial charge in [0.2, 0.25) is 10.0 Å². The zero-order chi connectivity index (χ0) is 25.4. The van der Waals surface area contributed by atoms with Crippen molar-refractivity contribution in [2.75, 3.05) is 15.9 Å². The summed E-state index contributed by atoms with van der Waals surface area (Å²) in [5.74, 6) is -0.492. The third-order valence-electron chi connectivity index (χ3n) is 5.81. The van der Waals surface area contributed by atoms with Crippen LogP contribution in [-0.4, -0.2) is 29.3 Å². The van der Waals surface area contributed by atoms with E-state index in [1.165, 1.54) is 6.07 Å². The molecule has 0 aliphatic carbocycles. The molecule has 36 heavy (non-hydrogen) atoms. The minimum Gasteiger partial charge on any atom is -0.351 e. The number of anilines is 2. The zero-order valence-electron chi connectivity index (χ0n) is 19.0. The molecular weight excluding hydrogens is 521 g/mol. The summed E-state index contributed by atoms with van der Waals surface area (Å²) in [4.78, 5) is 6.53. The summed E-state index contributed by atoms with van der Waals surface area (Å²) in [7, 11) is -3.40. The maximum absolute atomic E-state index is 13.9. The predicted molar refractivity (Wildman–Crippen MR) is 144 cm³/mol. The summed E-state index contributed by atoms with van der Waals surface area (Å²) in [6.45, 7) is 0. The minimum atomic E-state index is -3.40. The highest BCUT2D eigenvalue weighted by Crippen LogP contribution is 2.42. The van der Waals surface area contributed by atoms with Crippen LogP contribution < -0.4 is 14.9 Å². The highest BCUT2D eigenvalue weighted by molar-refractivity contribution is 7.92. The number of thiocarbonyl (C=S) groups is 1. The van der Waals surface area contributed by atoms with Gasteiger partial charge in [0.25, 0.3) is 0 Å². The van der Waals surface area contributed by atoms with Crippen LogP contribution in [-0.2, 0) is 10.0 Å². The van der Waals surface area contributed by atoms with E-state index in [4.69, 9.17) is 23.8 Å². The fraction of sp³-hybridized carbons (Fsp3) is 0.120. The quantitative estimate of drug-likeness (QED) is 0.326. The monoisotopic (exact) mass is 541 g/mol. The van der Waals surface area contributed by atoms with Crippen LogP contribution >= 0.6 is 23.8 Å². The van der Waals surface area contributed by atoms with Gasteiger partial charge in [-0.15, -0.1) is 0 Å². The molecule has 5 rings (SSSR count). The summed E-state index contributed by atoms with van der Waals surface area (Å²) in [5.41, 5.74) is 3.58. The van der Waals surface area contributed by atoms with E-state index in [1.807, 2.05) is 46.0 Å². The van der Waals surface area contributed by atoms with Gasteiger partial charge in [-0.2, -0.15) is 0 Å². The molecule has 0 bridgehead atoms. The Hall–Kier alpha value is -3.47. The molecule has 1 aliphatic heterocycles. The lowest BCUT2D eigenvalue weighted by Crippen LogP contribution is -2.30. The van der Waals surface area contributed by atoms with Crippen LogP contribution in [0.15, 0.2) is 85.2 Å². The maximum Gasteiger partial charge on any atom is 0.229 e. The fourth-order valence-electron chi connectivity index (χ4n) is 4.34. The van der Waals surface area contributed by atoms with Crippen molar-refractivity contribution in [2.24, 2.45) is 0 Å². The third-order valence-corrected chi connectivity index (χ3v) is 7.02. The van der Waals surface area contributed by atoms with E-state index in [1.54, 1.807) is 42.6 Å². The topological polar surface area (TPSA) is 79.3 Å². The van der Waals surface area contributed by atoms with E-state index >= 15 is 0 Å². The van der Waals surface area contributed by atoms with E-state index in [9.17, 15) is 12.8 Å². The van der Waals surface area contributed by atoms with Gasteiger partial charge < -0.3 is 14.8 Å². The molecule has 2 atom stereocenters. The molecule has 11 heteroatoms. The molecule has 1 saturated heterocycles. The lowest BCUT2D eigenvalue weighted by molar-refractivity contribution is 0.549. The van der Waals surface area contributed by atoms with Crippen molar-refractivity contribution in [2.45, 2.75) is 12.1 Å². The average molecular weight is 542 g/mol. The molecule has 3 heterocycles. The highest BCUT2D eigenvalue weighted by atomic mass is 35.5. The second kappa shape index (κ2) is 9.53. The molecule has 2 aromatic heterocycles. The Kier molecular flexibility index (Phi) is 6.42. The maximum atomic E-state index is 13.9. The number of sulfonamides is 1. The molecule has 0 unspecified atom stereocenters. The van der Waals surface area contributed by atoms with Gasteiger partial charge in [-0.25, -0.2) is 12.8 Å². The van der Waals surface area contributed by atoms with Crippen molar-refractivity contribution < 1.29 is 12.8 Å². The van der Waals surface area contributed by atoms with E-state index in [-0.39, 0.29) is 17.1 Å². The molecule has 0 spiro atoms. The lowest BCUT2D eigenvalue weighted by atomic mass is 10.0. The second-order valence-corrected chi connectivity index (χ2v) is 10.9. The molecule has 7 nitrogen and oxygen atoms in total. The van der Waals surface area contributed by atoms with Crippen molar-refractivity contribution in [3.63, 3.8) is 0 Å². The van der Waals surface area contributed by atoms with Crippen LogP contribution in [0.1, 0.15) is 23.5 Å². The van der Waals surface area contributed by atoms with Crippen LogP contribution in [0.2, 0.25) is 5.02 Å². The lowest BCUT2D eigenvalue weighted by Gasteiger charge is -2.29. The van der Waals surface area contributed by atoms with Gasteiger partial charge in [-0.3, -0.25) is 9.71 Å². The summed E-state index contributed by atoms with van der Waals surface area (Å²) >= 11 is 11.8. The predicted octanol–water partition coefficient (Wildman–Crippen LogP) is 5.21. The van der Waals surface area contributed by atoms with Crippen LogP contribution in [0.5, 0.6) is 0 Å². The number of rotatable bonds is 6. The number of hydrogen-bond donors (Lipinski definition) is 2. The van der Waals surface area contributed by atoms with E-state index in [0.717, 1.165) is 23.3 Å². The summed E-state index contributed by atoms with van der Waals surface area (Å²) in [6.07, 6.45) is 4.71. The summed E-state index contributed by atoms with van der Waals surface area (Å²) < 4.78 is 41.5. The zero-order valence-corrected chi connectivity index (χ0v) is 21.4. The molecule has 184 valence electrons. The van der Waals surface area contributed by atoms with Gasteiger partial charge in [-0.05, 0) is 78.9 Å². The molecule has 2 aromatic carbocycles. The normalized spacial score (nSPS) is 17.8. The number of nitrogens with one attached hydrogen (secondary N) is 2. The number of halogens is 2. The molecule has 0 amide bonds. The number of aromatic nitrogens is 2. The Morgan fingerprint density at radius 1 is 1.06 bits per heavy atom. The van der Waals surface area contributed by atoms with Gasteiger partial charge in [-0.1, -0.05) is 17.7 Å². The van der Waals surface area contributed by atoms with E-state index in [2.05, 4.69) is 15.0 Å². The smallest absolute Gasteiger partial charge is 0.229 e. The SMILES string of the molecule is CS(=O)(=O)Nc1ccc(N2C(=S)N[C@H](c3ccccn3)[C@H]2c2cccn2-c2ccc(F)c(Cl)c2)cc1. The van der Waals surface area contributed by atoms with Crippen molar-refractivity contribution in [1.29, 1.82) is 0 Å². The number of nitrogens with zero attached hydrogens (tertiary/aromatic N) is 3. The first-order chi connectivity index (χ1) is 17.2. The molecule has 2 N–H and O–H groups in total. The molecule has 1 aliphatic rings. The van der Waals surface area contributed by atoms with Crippen molar-refractivity contribution in [3.8, 4) is 5.69 Å². The largest absolute Gasteiger partial charge is 0.351 e. The highest BCUT2D eigenvalue weighted by Gasteiger charge is 2.42. The van der Waals surface area contributed by atoms with Crippen molar-refractivity contribution >= 4 is 50.3 Å². The summed E-state index contributed by atoms with van der Waals surface area (Å²) in [6, 6.07) is 20.5. The van der Waals surface area contributed by atoms with Crippen LogP contribution in [0.3, 0.4) is 0 Å². The van der Waals surface area contributed by atoms with E-state index < -0.39 is 15.8 Å². The average Bonchev–Trinajstić information content (AvgIpc) is 3.45. The number of pyridine rings is 1. The Balaban J connectivity index is 1.61. The Labute approximate surface area is 218 Å². The van der Waals surface area contributed by atoms with Crippen LogP contribution in [0.4, 0.5) is 15.8 Å². The number of hydrogen-bond acceptors (Lipinski definition) is 4. The standard InChI is InChI=1S/C25H21ClFN5O2S2/c1-36(33,34)30-16-7-9-17(10-8-16)32-24(23(29-25(32)35)21-5-2-3-13-28-21)22-6-4-14-31(22)18-11-12-20(27)19(26)15-18/h2-15,23-24,30H,1H3,(H,29,35)/t23-,24-/m1/s1. The first-order valence-electron chi connectivity index (χ1n) is 10.9. The van der Waals surface area contributed by atoms with Crippen molar-refractivity contribution in [1.82, 2.24) is 14.9 Å². The van der Waals surface area contributed by atoms with Gasteiger partial charge in [0.1, 0.15) is 11.9 Å². The molecule has 0 radical (unpaired) electrons. The Morgan fingerprint density at radius 2 is 1.81 bits per heavy atom. The van der Waals surface area contributed by atoms with Gasteiger partial charge >= 0.3 is 0 Å². The molecule has 0 saturated carbocycles. The Bertz CT molecular complexity index is 1530. The number of benzene rings is 2. The fourth-order valence-corrected chi connectivity index (χ4v) is 5.43. The molecular formula is C25H21ClFN5O2S2. The molecule has 4 aromatic rings. The van der Waals surface area contributed by atoms with Gasteiger partial charge in [0.05, 0.1) is 23.0 Å². The minimum absolute atomic E-state index is 0.0271. The Morgan fingerprint density at radius 3 is 2.47 bits per heavy atom.